The van der Waals surface area contributed by atoms with Crippen molar-refractivity contribution in [1.82, 2.24) is 10.2 Å². The quantitative estimate of drug-likeness (QED) is 0.751. The molecule has 3 aliphatic rings. The lowest BCUT2D eigenvalue weighted by Crippen LogP contribution is -2.31. The Kier molecular flexibility index (Phi) is 4.99. The molecule has 1 aromatic rings. The van der Waals surface area contributed by atoms with E-state index in [1.54, 1.807) is 0 Å². The molecule has 1 aromatic carbocycles. The van der Waals surface area contributed by atoms with E-state index in [-0.39, 0.29) is 0 Å². The van der Waals surface area contributed by atoms with Gasteiger partial charge < -0.3 is 10.2 Å². The predicted molar refractivity (Wildman–Crippen MR) is 92.0 cm³/mol. The van der Waals surface area contributed by atoms with E-state index in [1.807, 2.05) is 0 Å². The van der Waals surface area contributed by atoms with E-state index in [4.69, 9.17) is 0 Å². The molecule has 0 bridgehead atoms. The molecule has 2 atom stereocenters. The van der Waals surface area contributed by atoms with Crippen molar-refractivity contribution in [2.75, 3.05) is 26.2 Å². The summed E-state index contributed by atoms with van der Waals surface area (Å²) in [7, 11) is 0. The fraction of sp³-hybridized carbons (Fsp3) is 0.700. The van der Waals surface area contributed by atoms with Crippen LogP contribution in [0.25, 0.3) is 0 Å². The SMILES string of the molecule is Fc1ccc(CNCC2C3CN(CC4CCCC4)CC23)cc1C(F)(F)F. The van der Waals surface area contributed by atoms with Crippen LogP contribution in [0.3, 0.4) is 0 Å². The van der Waals surface area contributed by atoms with Gasteiger partial charge >= 0.3 is 6.18 Å². The molecule has 6 heteroatoms. The van der Waals surface area contributed by atoms with Crippen LogP contribution in [-0.2, 0) is 12.7 Å². The predicted octanol–water partition coefficient (Wildman–Crippen LogP) is 4.30. The summed E-state index contributed by atoms with van der Waals surface area (Å²) >= 11 is 0. The van der Waals surface area contributed by atoms with Crippen LogP contribution in [0.5, 0.6) is 0 Å². The first-order valence-electron chi connectivity index (χ1n) is 9.70. The molecule has 0 radical (unpaired) electrons. The van der Waals surface area contributed by atoms with Gasteiger partial charge in [-0.3, -0.25) is 0 Å². The van der Waals surface area contributed by atoms with E-state index in [1.165, 1.54) is 51.4 Å². The molecular weight excluding hydrogens is 344 g/mol. The Morgan fingerprint density at radius 1 is 1.08 bits per heavy atom. The smallest absolute Gasteiger partial charge is 0.312 e. The molecule has 1 heterocycles. The summed E-state index contributed by atoms with van der Waals surface area (Å²) in [5, 5.41) is 3.27. The van der Waals surface area contributed by atoms with Gasteiger partial charge in [0.15, 0.2) is 0 Å². The summed E-state index contributed by atoms with van der Waals surface area (Å²) in [6.07, 6.45) is 0.897. The lowest BCUT2D eigenvalue weighted by Gasteiger charge is -2.23. The number of hydrogen-bond donors (Lipinski definition) is 1. The standard InChI is InChI=1S/C20H26F4N2/c21-19-6-5-14(7-18(19)20(22,23)24)8-25-9-15-16-11-26(12-17(15)16)10-13-3-1-2-4-13/h5-7,13,15-17,25H,1-4,8-12H2. The second-order valence-corrected chi connectivity index (χ2v) is 8.30. The number of nitrogens with zero attached hydrogens (tertiary/aromatic N) is 1. The van der Waals surface area contributed by atoms with Gasteiger partial charge in [0, 0.05) is 26.2 Å². The monoisotopic (exact) mass is 370 g/mol. The second-order valence-electron chi connectivity index (χ2n) is 8.30. The number of likely N-dealkylation sites (tertiary alicyclic amines) is 1. The number of alkyl halides is 3. The summed E-state index contributed by atoms with van der Waals surface area (Å²) in [5.41, 5.74) is -0.699. The Bertz CT molecular complexity index is 627. The van der Waals surface area contributed by atoms with E-state index in [9.17, 15) is 17.6 Å². The Morgan fingerprint density at radius 3 is 2.42 bits per heavy atom. The molecule has 1 N–H and O–H groups in total. The number of halogens is 4. The van der Waals surface area contributed by atoms with Gasteiger partial charge in [0.05, 0.1) is 5.56 Å². The van der Waals surface area contributed by atoms with E-state index in [0.29, 0.717) is 18.0 Å². The van der Waals surface area contributed by atoms with Crippen molar-refractivity contribution < 1.29 is 17.6 Å². The minimum Gasteiger partial charge on any atom is -0.312 e. The third kappa shape index (κ3) is 3.91. The van der Waals surface area contributed by atoms with E-state index in [2.05, 4.69) is 10.2 Å². The normalized spacial score (nSPS) is 29.3. The molecule has 1 aliphatic heterocycles. The molecule has 2 nitrogen and oxygen atoms in total. The van der Waals surface area contributed by atoms with Crippen LogP contribution in [0.15, 0.2) is 18.2 Å². The van der Waals surface area contributed by atoms with E-state index < -0.39 is 17.6 Å². The Hall–Kier alpha value is -1.14. The zero-order valence-corrected chi connectivity index (χ0v) is 14.9. The van der Waals surface area contributed by atoms with Gasteiger partial charge in [0.25, 0.3) is 0 Å². The van der Waals surface area contributed by atoms with Crippen molar-refractivity contribution >= 4 is 0 Å². The van der Waals surface area contributed by atoms with Gasteiger partial charge in [-0.2, -0.15) is 13.2 Å². The van der Waals surface area contributed by atoms with Gasteiger partial charge in [-0.15, -0.1) is 0 Å². The zero-order valence-electron chi connectivity index (χ0n) is 14.9. The average Bonchev–Trinajstić information content (AvgIpc) is 2.98. The van der Waals surface area contributed by atoms with Gasteiger partial charge in [-0.25, -0.2) is 4.39 Å². The lowest BCUT2D eigenvalue weighted by atomic mass is 10.1. The van der Waals surface area contributed by atoms with Crippen LogP contribution in [0.1, 0.15) is 36.8 Å². The van der Waals surface area contributed by atoms with Crippen molar-refractivity contribution in [2.24, 2.45) is 23.7 Å². The summed E-state index contributed by atoms with van der Waals surface area (Å²) in [5.74, 6) is 1.84. The molecule has 0 spiro atoms. The third-order valence-corrected chi connectivity index (χ3v) is 6.48. The fourth-order valence-electron chi connectivity index (χ4n) is 5.03. The van der Waals surface area contributed by atoms with Crippen molar-refractivity contribution in [2.45, 2.75) is 38.4 Å². The van der Waals surface area contributed by atoms with Crippen LogP contribution in [0.4, 0.5) is 17.6 Å². The van der Waals surface area contributed by atoms with Crippen LogP contribution >= 0.6 is 0 Å². The third-order valence-electron chi connectivity index (χ3n) is 6.48. The highest BCUT2D eigenvalue weighted by Gasteiger charge is 2.54. The Morgan fingerprint density at radius 2 is 1.77 bits per heavy atom. The number of nitrogens with one attached hydrogen (secondary N) is 1. The second kappa shape index (κ2) is 7.12. The molecule has 144 valence electrons. The van der Waals surface area contributed by atoms with Gasteiger partial charge in [0.2, 0.25) is 0 Å². The maximum Gasteiger partial charge on any atom is 0.419 e. The van der Waals surface area contributed by atoms with Crippen molar-refractivity contribution in [1.29, 1.82) is 0 Å². The van der Waals surface area contributed by atoms with Crippen LogP contribution in [0, 0.1) is 29.5 Å². The van der Waals surface area contributed by atoms with Gasteiger partial charge in [0.1, 0.15) is 5.82 Å². The zero-order chi connectivity index (χ0) is 18.3. The van der Waals surface area contributed by atoms with Crippen LogP contribution in [-0.4, -0.2) is 31.1 Å². The van der Waals surface area contributed by atoms with Crippen molar-refractivity contribution in [3.8, 4) is 0 Å². The number of benzene rings is 1. The average molecular weight is 370 g/mol. The van der Waals surface area contributed by atoms with Crippen LogP contribution in [0.2, 0.25) is 0 Å². The van der Waals surface area contributed by atoms with Gasteiger partial charge in [-0.1, -0.05) is 18.9 Å². The molecule has 1 saturated heterocycles. The highest BCUT2D eigenvalue weighted by atomic mass is 19.4. The van der Waals surface area contributed by atoms with Crippen molar-refractivity contribution in [3.63, 3.8) is 0 Å². The number of fused-ring (bicyclic) bond motifs is 1. The molecule has 0 aromatic heterocycles. The van der Waals surface area contributed by atoms with E-state index in [0.717, 1.165) is 36.4 Å². The molecular formula is C20H26F4N2. The topological polar surface area (TPSA) is 15.3 Å². The molecule has 2 unspecified atom stereocenters. The Labute approximate surface area is 151 Å². The summed E-state index contributed by atoms with van der Waals surface area (Å²) in [4.78, 5) is 2.61. The highest BCUT2D eigenvalue weighted by Crippen LogP contribution is 2.51. The summed E-state index contributed by atoms with van der Waals surface area (Å²) in [6, 6.07) is 3.25. The van der Waals surface area contributed by atoms with Crippen molar-refractivity contribution in [3.05, 3.63) is 35.1 Å². The first-order chi connectivity index (χ1) is 12.4. The maximum absolute atomic E-state index is 13.3. The first kappa shape index (κ1) is 18.2. The molecule has 4 rings (SSSR count). The minimum atomic E-state index is -4.64. The number of rotatable bonds is 6. The molecule has 26 heavy (non-hydrogen) atoms. The van der Waals surface area contributed by atoms with Crippen LogP contribution < -0.4 is 5.32 Å². The summed E-state index contributed by atoms with van der Waals surface area (Å²) in [6.45, 7) is 4.81. The van der Waals surface area contributed by atoms with E-state index >= 15 is 0 Å². The lowest BCUT2D eigenvalue weighted by molar-refractivity contribution is -0.140. The number of piperidine rings is 1. The molecule has 2 aliphatic carbocycles. The largest absolute Gasteiger partial charge is 0.419 e. The van der Waals surface area contributed by atoms with Gasteiger partial charge in [-0.05, 0) is 60.8 Å². The maximum atomic E-state index is 13.3. The highest BCUT2D eigenvalue weighted by molar-refractivity contribution is 5.27. The molecule has 3 fully saturated rings. The summed E-state index contributed by atoms with van der Waals surface area (Å²) < 4.78 is 51.6. The minimum absolute atomic E-state index is 0.352. The fourth-order valence-corrected chi connectivity index (χ4v) is 5.03. The molecule has 2 saturated carbocycles. The number of hydrogen-bond acceptors (Lipinski definition) is 2. The first-order valence-corrected chi connectivity index (χ1v) is 9.70. The Balaban J connectivity index is 1.20. The molecule has 0 amide bonds.